The molecular formula is C12H24N2O. The summed E-state index contributed by atoms with van der Waals surface area (Å²) >= 11 is 0. The second-order valence-corrected chi connectivity index (χ2v) is 5.43. The quantitative estimate of drug-likeness (QED) is 0.770. The summed E-state index contributed by atoms with van der Waals surface area (Å²) < 4.78 is 0. The molecular weight excluding hydrogens is 188 g/mol. The molecule has 0 aromatic heterocycles. The van der Waals surface area contributed by atoms with E-state index >= 15 is 0 Å². The number of carbonyl (C=O) groups excluding carboxylic acids is 1. The molecule has 0 spiro atoms. The van der Waals surface area contributed by atoms with Crippen LogP contribution in [0.3, 0.4) is 0 Å². The Morgan fingerprint density at radius 2 is 1.80 bits per heavy atom. The highest BCUT2D eigenvalue weighted by Gasteiger charge is 2.31. The van der Waals surface area contributed by atoms with Gasteiger partial charge in [-0.25, -0.2) is 0 Å². The van der Waals surface area contributed by atoms with E-state index in [1.165, 1.54) is 0 Å². The number of nitrogens with zero attached hydrogens (tertiary/aromatic N) is 1. The second kappa shape index (κ2) is 4.97. The Kier molecular flexibility index (Phi) is 4.14. The first kappa shape index (κ1) is 12.5. The Labute approximate surface area is 93.0 Å². The Morgan fingerprint density at radius 3 is 2.20 bits per heavy atom. The van der Waals surface area contributed by atoms with Gasteiger partial charge in [0.25, 0.3) is 0 Å². The lowest BCUT2D eigenvalue weighted by Gasteiger charge is -2.21. The minimum Gasteiger partial charge on any atom is -0.341 e. The van der Waals surface area contributed by atoms with Gasteiger partial charge in [-0.2, -0.15) is 0 Å². The van der Waals surface area contributed by atoms with E-state index < -0.39 is 0 Å². The Bertz CT molecular complexity index is 218. The summed E-state index contributed by atoms with van der Waals surface area (Å²) in [6.07, 6.45) is 0.790. The van der Waals surface area contributed by atoms with Crippen molar-refractivity contribution in [1.29, 1.82) is 0 Å². The number of hydrogen-bond acceptors (Lipinski definition) is 2. The zero-order chi connectivity index (χ0) is 11.6. The molecule has 0 bridgehead atoms. The predicted molar refractivity (Wildman–Crippen MR) is 62.3 cm³/mol. The van der Waals surface area contributed by atoms with E-state index in [2.05, 4.69) is 27.7 Å². The Balaban J connectivity index is 2.47. The van der Waals surface area contributed by atoms with Crippen molar-refractivity contribution in [2.75, 3.05) is 13.1 Å². The molecule has 1 aliphatic heterocycles. The van der Waals surface area contributed by atoms with Crippen LogP contribution in [0.2, 0.25) is 0 Å². The fourth-order valence-corrected chi connectivity index (χ4v) is 2.15. The fourth-order valence-electron chi connectivity index (χ4n) is 2.15. The van der Waals surface area contributed by atoms with Gasteiger partial charge in [-0.05, 0) is 24.2 Å². The van der Waals surface area contributed by atoms with Gasteiger partial charge in [0.2, 0.25) is 5.91 Å². The zero-order valence-corrected chi connectivity index (χ0v) is 10.4. The maximum Gasteiger partial charge on any atom is 0.239 e. The van der Waals surface area contributed by atoms with E-state index in [-0.39, 0.29) is 11.9 Å². The highest BCUT2D eigenvalue weighted by molar-refractivity contribution is 5.81. The van der Waals surface area contributed by atoms with Crippen molar-refractivity contribution in [3.05, 3.63) is 0 Å². The van der Waals surface area contributed by atoms with E-state index in [9.17, 15) is 4.79 Å². The summed E-state index contributed by atoms with van der Waals surface area (Å²) in [6, 6.07) is -0.303. The molecule has 1 rings (SSSR count). The van der Waals surface area contributed by atoms with Crippen LogP contribution in [0.1, 0.15) is 34.1 Å². The average Bonchev–Trinajstić information content (AvgIpc) is 2.44. The molecule has 2 unspecified atom stereocenters. The highest BCUT2D eigenvalue weighted by atomic mass is 16.2. The van der Waals surface area contributed by atoms with Crippen LogP contribution in [-0.2, 0) is 4.79 Å². The van der Waals surface area contributed by atoms with Gasteiger partial charge in [-0.3, -0.25) is 4.79 Å². The number of amides is 1. The monoisotopic (exact) mass is 212 g/mol. The number of likely N-dealkylation sites (tertiary alicyclic amines) is 1. The molecule has 3 heteroatoms. The van der Waals surface area contributed by atoms with Gasteiger partial charge < -0.3 is 10.6 Å². The third-order valence-corrected chi connectivity index (χ3v) is 3.34. The smallest absolute Gasteiger partial charge is 0.239 e. The normalized spacial score (nSPS) is 28.5. The molecule has 1 saturated heterocycles. The van der Waals surface area contributed by atoms with Crippen LogP contribution in [0.15, 0.2) is 0 Å². The molecule has 1 fully saturated rings. The molecule has 0 aromatic rings. The van der Waals surface area contributed by atoms with Crippen molar-refractivity contribution in [3.63, 3.8) is 0 Å². The molecule has 0 aliphatic carbocycles. The topological polar surface area (TPSA) is 46.3 Å². The SMILES string of the molecule is CC(C)C[C@@H](N)C(=O)N1CC(C)C(C)C1. The van der Waals surface area contributed by atoms with Crippen molar-refractivity contribution < 1.29 is 4.79 Å². The average molecular weight is 212 g/mol. The molecule has 1 heterocycles. The molecule has 0 radical (unpaired) electrons. The van der Waals surface area contributed by atoms with Gasteiger partial charge in [0.1, 0.15) is 0 Å². The number of nitrogens with two attached hydrogens (primary N) is 1. The van der Waals surface area contributed by atoms with E-state index in [0.29, 0.717) is 17.8 Å². The minimum absolute atomic E-state index is 0.139. The fraction of sp³-hybridized carbons (Fsp3) is 0.917. The first-order valence-corrected chi connectivity index (χ1v) is 5.96. The maximum absolute atomic E-state index is 12.0. The molecule has 3 nitrogen and oxygen atoms in total. The van der Waals surface area contributed by atoms with Crippen molar-refractivity contribution in [2.24, 2.45) is 23.5 Å². The zero-order valence-electron chi connectivity index (χ0n) is 10.4. The van der Waals surface area contributed by atoms with Gasteiger partial charge in [-0.1, -0.05) is 27.7 Å². The third kappa shape index (κ3) is 3.20. The maximum atomic E-state index is 12.0. The van der Waals surface area contributed by atoms with E-state index in [1.54, 1.807) is 0 Å². The molecule has 88 valence electrons. The standard InChI is InChI=1S/C12H24N2O/c1-8(2)5-11(13)12(15)14-6-9(3)10(4)7-14/h8-11H,5-7,13H2,1-4H3/t9?,10?,11-/m1/s1. The Hall–Kier alpha value is -0.570. The summed E-state index contributed by atoms with van der Waals surface area (Å²) in [5.41, 5.74) is 5.90. The summed E-state index contributed by atoms with van der Waals surface area (Å²) in [5.74, 6) is 1.85. The van der Waals surface area contributed by atoms with E-state index in [1.807, 2.05) is 4.90 Å². The highest BCUT2D eigenvalue weighted by Crippen LogP contribution is 2.23. The molecule has 0 saturated carbocycles. The van der Waals surface area contributed by atoms with Crippen molar-refractivity contribution in [1.82, 2.24) is 4.90 Å². The van der Waals surface area contributed by atoms with Gasteiger partial charge in [0.05, 0.1) is 6.04 Å². The predicted octanol–water partition coefficient (Wildman–Crippen LogP) is 1.47. The molecule has 1 amide bonds. The summed E-state index contributed by atoms with van der Waals surface area (Å²) in [6.45, 7) is 10.4. The molecule has 1 aliphatic rings. The minimum atomic E-state index is -0.303. The third-order valence-electron chi connectivity index (χ3n) is 3.34. The van der Waals surface area contributed by atoms with E-state index in [0.717, 1.165) is 19.5 Å². The summed E-state index contributed by atoms with van der Waals surface area (Å²) in [5, 5.41) is 0. The van der Waals surface area contributed by atoms with Crippen LogP contribution in [0.25, 0.3) is 0 Å². The largest absolute Gasteiger partial charge is 0.341 e. The van der Waals surface area contributed by atoms with Gasteiger partial charge >= 0.3 is 0 Å². The van der Waals surface area contributed by atoms with Crippen LogP contribution in [-0.4, -0.2) is 29.9 Å². The lowest BCUT2D eigenvalue weighted by molar-refractivity contribution is -0.132. The summed E-state index contributed by atoms with van der Waals surface area (Å²) in [7, 11) is 0. The number of rotatable bonds is 3. The van der Waals surface area contributed by atoms with Crippen LogP contribution in [0.4, 0.5) is 0 Å². The Morgan fingerprint density at radius 1 is 1.33 bits per heavy atom. The lowest BCUT2D eigenvalue weighted by Crippen LogP contribution is -2.43. The number of hydrogen-bond donors (Lipinski definition) is 1. The van der Waals surface area contributed by atoms with E-state index in [4.69, 9.17) is 5.73 Å². The van der Waals surface area contributed by atoms with Crippen LogP contribution in [0.5, 0.6) is 0 Å². The van der Waals surface area contributed by atoms with Gasteiger partial charge in [0, 0.05) is 13.1 Å². The first-order chi connectivity index (χ1) is 6.91. The van der Waals surface area contributed by atoms with Gasteiger partial charge in [0.15, 0.2) is 0 Å². The first-order valence-electron chi connectivity index (χ1n) is 5.96. The van der Waals surface area contributed by atoms with Crippen molar-refractivity contribution in [3.8, 4) is 0 Å². The molecule has 3 atom stereocenters. The lowest BCUT2D eigenvalue weighted by atomic mass is 10.0. The van der Waals surface area contributed by atoms with Crippen molar-refractivity contribution in [2.45, 2.75) is 40.2 Å². The van der Waals surface area contributed by atoms with Crippen LogP contribution >= 0.6 is 0 Å². The van der Waals surface area contributed by atoms with Crippen molar-refractivity contribution >= 4 is 5.91 Å². The summed E-state index contributed by atoms with van der Waals surface area (Å²) in [4.78, 5) is 13.9. The second-order valence-electron chi connectivity index (χ2n) is 5.43. The molecule has 0 aromatic carbocycles. The van der Waals surface area contributed by atoms with Gasteiger partial charge in [-0.15, -0.1) is 0 Å². The molecule has 15 heavy (non-hydrogen) atoms. The van der Waals surface area contributed by atoms with Crippen LogP contribution < -0.4 is 5.73 Å². The van der Waals surface area contributed by atoms with Crippen LogP contribution in [0, 0.1) is 17.8 Å². The number of carbonyl (C=O) groups is 1. The molecule has 2 N–H and O–H groups in total.